The summed E-state index contributed by atoms with van der Waals surface area (Å²) in [7, 11) is 3.19. The van der Waals surface area contributed by atoms with Crippen molar-refractivity contribution in [1.82, 2.24) is 14.5 Å². The lowest BCUT2D eigenvalue weighted by Gasteiger charge is -2.13. The van der Waals surface area contributed by atoms with Crippen molar-refractivity contribution in [2.45, 2.75) is 13.3 Å². The van der Waals surface area contributed by atoms with Gasteiger partial charge >= 0.3 is 0 Å². The van der Waals surface area contributed by atoms with E-state index in [1.54, 1.807) is 20.3 Å². The Morgan fingerprint density at radius 3 is 2.39 bits per heavy atom. The number of aromatic hydroxyl groups is 1. The van der Waals surface area contributed by atoms with Gasteiger partial charge in [0.15, 0.2) is 0 Å². The van der Waals surface area contributed by atoms with E-state index in [1.807, 2.05) is 47.9 Å². The Kier molecular flexibility index (Phi) is 4.35. The summed E-state index contributed by atoms with van der Waals surface area (Å²) >= 11 is 0. The van der Waals surface area contributed by atoms with E-state index < -0.39 is 0 Å². The van der Waals surface area contributed by atoms with Crippen LogP contribution in [0.4, 0.5) is 5.82 Å². The molecule has 0 saturated heterocycles. The second-order valence-electron chi connectivity index (χ2n) is 6.42. The van der Waals surface area contributed by atoms with Crippen LogP contribution in [0.5, 0.6) is 17.2 Å². The van der Waals surface area contributed by atoms with Crippen LogP contribution < -0.4 is 15.2 Å². The highest BCUT2D eigenvalue weighted by atomic mass is 16.5. The van der Waals surface area contributed by atoms with Crippen molar-refractivity contribution in [3.8, 4) is 34.3 Å². The second kappa shape index (κ2) is 6.84. The fourth-order valence-corrected chi connectivity index (χ4v) is 3.48. The first-order chi connectivity index (χ1) is 13.6. The molecule has 0 radical (unpaired) electrons. The summed E-state index contributed by atoms with van der Waals surface area (Å²) in [6.45, 7) is 1.96. The number of hydrogen-bond acceptors (Lipinski definition) is 5. The molecule has 0 fully saturated rings. The molecule has 0 unspecified atom stereocenters. The molecule has 7 nitrogen and oxygen atoms in total. The number of anilines is 1. The standard InChI is InChI=1S/C21H22N4O3/c1-4-17-19(26)18(21-23-15-7-5-6-8-16(15)24-21)20(22)25(17)12-9-13(27-2)11-14(10-12)28-3/h5-11,26H,4,22H2,1-3H3,(H,23,24). The van der Waals surface area contributed by atoms with E-state index >= 15 is 0 Å². The highest BCUT2D eigenvalue weighted by Crippen LogP contribution is 2.42. The minimum Gasteiger partial charge on any atom is -0.505 e. The Labute approximate surface area is 162 Å². The summed E-state index contributed by atoms with van der Waals surface area (Å²) in [6, 6.07) is 13.2. The van der Waals surface area contributed by atoms with Gasteiger partial charge in [0.05, 0.1) is 36.6 Å². The summed E-state index contributed by atoms with van der Waals surface area (Å²) < 4.78 is 12.6. The third-order valence-electron chi connectivity index (χ3n) is 4.83. The van der Waals surface area contributed by atoms with Gasteiger partial charge in [-0.2, -0.15) is 0 Å². The van der Waals surface area contributed by atoms with Crippen LogP contribution in [0.25, 0.3) is 28.1 Å². The summed E-state index contributed by atoms with van der Waals surface area (Å²) in [4.78, 5) is 7.84. The maximum atomic E-state index is 11.0. The third-order valence-corrected chi connectivity index (χ3v) is 4.83. The van der Waals surface area contributed by atoms with Gasteiger partial charge in [0.1, 0.15) is 34.5 Å². The van der Waals surface area contributed by atoms with Gasteiger partial charge in [0.25, 0.3) is 0 Å². The number of nitrogens with one attached hydrogen (secondary N) is 1. The third kappa shape index (κ3) is 2.72. The first-order valence-electron chi connectivity index (χ1n) is 8.98. The Morgan fingerprint density at radius 2 is 1.79 bits per heavy atom. The number of para-hydroxylation sites is 2. The molecular formula is C21H22N4O3. The number of imidazole rings is 1. The van der Waals surface area contributed by atoms with Crippen LogP contribution in [0.2, 0.25) is 0 Å². The van der Waals surface area contributed by atoms with Crippen LogP contribution >= 0.6 is 0 Å². The van der Waals surface area contributed by atoms with Crippen molar-refractivity contribution >= 4 is 16.9 Å². The SMILES string of the molecule is CCc1c(O)c(-c2nc3ccccc3[nH]2)c(N)n1-c1cc(OC)cc(OC)c1. The number of H-pyrrole nitrogens is 1. The molecule has 2 heterocycles. The summed E-state index contributed by atoms with van der Waals surface area (Å²) in [6.07, 6.45) is 0.579. The Balaban J connectivity index is 1.96. The quantitative estimate of drug-likeness (QED) is 0.489. The molecular weight excluding hydrogens is 356 g/mol. The monoisotopic (exact) mass is 378 g/mol. The molecule has 0 aliphatic heterocycles. The van der Waals surface area contributed by atoms with Gasteiger partial charge in [-0.1, -0.05) is 19.1 Å². The number of nitrogens with two attached hydrogens (primary N) is 1. The predicted octanol–water partition coefficient (Wildman–Crippen LogP) is 3.89. The molecule has 0 bridgehead atoms. The number of nitrogen functional groups attached to an aromatic ring is 1. The number of methoxy groups -OCH3 is 2. The normalized spacial score (nSPS) is 11.1. The minimum absolute atomic E-state index is 0.112. The van der Waals surface area contributed by atoms with Crippen LogP contribution in [0.3, 0.4) is 0 Å². The molecule has 4 rings (SSSR count). The highest BCUT2D eigenvalue weighted by Gasteiger charge is 2.24. The molecule has 0 spiro atoms. The first kappa shape index (κ1) is 17.8. The molecule has 2 aromatic carbocycles. The summed E-state index contributed by atoms with van der Waals surface area (Å²) in [5, 5.41) is 11.0. The molecule has 4 N–H and O–H groups in total. The maximum absolute atomic E-state index is 11.0. The zero-order valence-corrected chi connectivity index (χ0v) is 16.0. The molecule has 0 amide bonds. The van der Waals surface area contributed by atoms with E-state index in [0.717, 1.165) is 16.7 Å². The lowest BCUT2D eigenvalue weighted by molar-refractivity contribution is 0.394. The lowest BCUT2D eigenvalue weighted by atomic mass is 10.2. The zero-order chi connectivity index (χ0) is 19.8. The smallest absolute Gasteiger partial charge is 0.150 e. The molecule has 0 aliphatic rings. The van der Waals surface area contributed by atoms with E-state index in [4.69, 9.17) is 15.2 Å². The van der Waals surface area contributed by atoms with Gasteiger partial charge in [0.2, 0.25) is 0 Å². The van der Waals surface area contributed by atoms with Crippen molar-refractivity contribution in [2.75, 3.05) is 20.0 Å². The molecule has 4 aromatic rings. The number of ether oxygens (including phenoxy) is 2. The van der Waals surface area contributed by atoms with E-state index in [1.165, 1.54) is 0 Å². The number of aromatic amines is 1. The Hall–Kier alpha value is -3.61. The molecule has 0 aliphatic carbocycles. The molecule has 0 saturated carbocycles. The van der Waals surface area contributed by atoms with E-state index in [-0.39, 0.29) is 5.75 Å². The fraction of sp³-hybridized carbons (Fsp3) is 0.190. The van der Waals surface area contributed by atoms with Gasteiger partial charge < -0.3 is 25.3 Å². The molecule has 0 atom stereocenters. The lowest BCUT2D eigenvalue weighted by Crippen LogP contribution is -2.05. The number of nitrogens with zero attached hydrogens (tertiary/aromatic N) is 2. The van der Waals surface area contributed by atoms with Gasteiger partial charge in [-0.25, -0.2) is 4.98 Å². The van der Waals surface area contributed by atoms with Gasteiger partial charge in [-0.05, 0) is 18.6 Å². The van der Waals surface area contributed by atoms with Crippen LogP contribution in [-0.2, 0) is 6.42 Å². The first-order valence-corrected chi connectivity index (χ1v) is 8.98. The van der Waals surface area contributed by atoms with Crippen molar-refractivity contribution in [1.29, 1.82) is 0 Å². The molecule has 144 valence electrons. The predicted molar refractivity (Wildman–Crippen MR) is 109 cm³/mol. The van der Waals surface area contributed by atoms with Gasteiger partial charge in [-0.15, -0.1) is 0 Å². The van der Waals surface area contributed by atoms with Crippen molar-refractivity contribution in [3.05, 3.63) is 48.2 Å². The summed E-state index contributed by atoms with van der Waals surface area (Å²) in [5.74, 6) is 2.30. The van der Waals surface area contributed by atoms with Crippen molar-refractivity contribution in [3.63, 3.8) is 0 Å². The van der Waals surface area contributed by atoms with E-state index in [2.05, 4.69) is 9.97 Å². The summed E-state index contributed by atoms with van der Waals surface area (Å²) in [5.41, 5.74) is 10.1. The molecule has 28 heavy (non-hydrogen) atoms. The number of rotatable bonds is 5. The largest absolute Gasteiger partial charge is 0.505 e. The van der Waals surface area contributed by atoms with Crippen LogP contribution in [-0.4, -0.2) is 33.9 Å². The van der Waals surface area contributed by atoms with E-state index in [9.17, 15) is 5.11 Å². The Morgan fingerprint density at radius 1 is 1.11 bits per heavy atom. The number of fused-ring (bicyclic) bond motifs is 1. The van der Waals surface area contributed by atoms with Crippen molar-refractivity contribution in [2.24, 2.45) is 0 Å². The fourth-order valence-electron chi connectivity index (χ4n) is 3.48. The molecule has 7 heteroatoms. The molecule has 2 aromatic heterocycles. The number of aromatic nitrogens is 3. The highest BCUT2D eigenvalue weighted by molar-refractivity contribution is 5.86. The van der Waals surface area contributed by atoms with Crippen molar-refractivity contribution < 1.29 is 14.6 Å². The average Bonchev–Trinajstić information content (AvgIpc) is 3.24. The van der Waals surface area contributed by atoms with E-state index in [0.29, 0.717) is 40.8 Å². The topological polar surface area (TPSA) is 98.3 Å². The Bertz CT molecular complexity index is 1100. The number of benzene rings is 2. The zero-order valence-electron chi connectivity index (χ0n) is 16.0. The van der Waals surface area contributed by atoms with Gasteiger partial charge in [-0.3, -0.25) is 4.57 Å². The average molecular weight is 378 g/mol. The maximum Gasteiger partial charge on any atom is 0.150 e. The number of hydrogen-bond donors (Lipinski definition) is 3. The van der Waals surface area contributed by atoms with Gasteiger partial charge in [0, 0.05) is 18.2 Å². The minimum atomic E-state index is 0.112. The van der Waals surface area contributed by atoms with Crippen LogP contribution in [0, 0.1) is 0 Å². The van der Waals surface area contributed by atoms with Crippen LogP contribution in [0.1, 0.15) is 12.6 Å². The van der Waals surface area contributed by atoms with Crippen LogP contribution in [0.15, 0.2) is 42.5 Å². The second-order valence-corrected chi connectivity index (χ2v) is 6.42.